The summed E-state index contributed by atoms with van der Waals surface area (Å²) in [5.41, 5.74) is 1.29. The first-order valence-electron chi connectivity index (χ1n) is 6.76. The smallest absolute Gasteiger partial charge is 0.375 e. The molecule has 0 atom stereocenters. The van der Waals surface area contributed by atoms with E-state index in [-0.39, 0.29) is 18.1 Å². The lowest BCUT2D eigenvalue weighted by atomic mass is 10.1. The van der Waals surface area contributed by atoms with Gasteiger partial charge in [0, 0.05) is 5.56 Å². The van der Waals surface area contributed by atoms with E-state index in [2.05, 4.69) is 0 Å². The summed E-state index contributed by atoms with van der Waals surface area (Å²) >= 11 is 0. The molecule has 0 aromatic heterocycles. The molecule has 22 heavy (non-hydrogen) atoms. The Balaban J connectivity index is 1.98. The maximum Gasteiger partial charge on any atom is 0.375 e. The molecule has 2 aromatic carbocycles. The number of anilines is 1. The Morgan fingerprint density at radius 1 is 1.18 bits per heavy atom. The van der Waals surface area contributed by atoms with Gasteiger partial charge in [-0.05, 0) is 18.2 Å². The zero-order valence-electron chi connectivity index (χ0n) is 12.0. The van der Waals surface area contributed by atoms with E-state index in [1.165, 1.54) is 19.4 Å². The summed E-state index contributed by atoms with van der Waals surface area (Å²) in [6, 6.07) is 13.8. The minimum atomic E-state index is -0.576. The van der Waals surface area contributed by atoms with Gasteiger partial charge in [0.25, 0.3) is 0 Å². The van der Waals surface area contributed by atoms with E-state index >= 15 is 0 Å². The number of esters is 1. The summed E-state index contributed by atoms with van der Waals surface area (Å²) in [7, 11) is 1.29. The lowest BCUT2D eigenvalue weighted by Gasteiger charge is -2.28. The van der Waals surface area contributed by atoms with Crippen molar-refractivity contribution in [2.75, 3.05) is 12.0 Å². The fraction of sp³-hybridized carbons (Fsp3) is 0.118. The number of fused-ring (bicyclic) bond motifs is 1. The number of halogens is 1. The van der Waals surface area contributed by atoms with E-state index < -0.39 is 5.97 Å². The van der Waals surface area contributed by atoms with Gasteiger partial charge in [0.2, 0.25) is 5.76 Å². The fourth-order valence-electron chi connectivity index (χ4n) is 2.27. The number of methoxy groups -OCH3 is 1. The predicted octanol–water partition coefficient (Wildman–Crippen LogP) is 3.24. The average Bonchev–Trinajstić information content (AvgIpc) is 2.56. The number of carbonyl (C=O) groups is 1. The van der Waals surface area contributed by atoms with Gasteiger partial charge in [0.05, 0.1) is 25.5 Å². The molecular weight excluding hydrogens is 285 g/mol. The Labute approximate surface area is 127 Å². The van der Waals surface area contributed by atoms with E-state index in [4.69, 9.17) is 9.47 Å². The molecule has 0 aliphatic carbocycles. The molecule has 0 N–H and O–H groups in total. The van der Waals surface area contributed by atoms with Crippen LogP contribution in [0.3, 0.4) is 0 Å². The highest BCUT2D eigenvalue weighted by Gasteiger charge is 2.24. The first-order chi connectivity index (χ1) is 10.7. The quantitative estimate of drug-likeness (QED) is 0.816. The monoisotopic (exact) mass is 299 g/mol. The van der Waals surface area contributed by atoms with Gasteiger partial charge in [-0.3, -0.25) is 0 Å². The third kappa shape index (κ3) is 2.65. The first-order valence-corrected chi connectivity index (χ1v) is 6.76. The van der Waals surface area contributed by atoms with Crippen molar-refractivity contribution < 1.29 is 18.7 Å². The van der Waals surface area contributed by atoms with E-state index in [1.54, 1.807) is 35.2 Å². The molecule has 2 aromatic rings. The molecule has 0 unspecified atom stereocenters. The molecule has 112 valence electrons. The number of benzene rings is 2. The normalized spacial score (nSPS) is 13.0. The van der Waals surface area contributed by atoms with Crippen molar-refractivity contribution in [1.29, 1.82) is 0 Å². The van der Waals surface area contributed by atoms with Gasteiger partial charge < -0.3 is 14.4 Å². The van der Waals surface area contributed by atoms with Crippen LogP contribution < -0.4 is 9.64 Å². The first kappa shape index (κ1) is 14.1. The minimum absolute atomic E-state index is 0.0672. The van der Waals surface area contributed by atoms with Crippen molar-refractivity contribution >= 4 is 11.7 Å². The predicted molar refractivity (Wildman–Crippen MR) is 79.8 cm³/mol. The van der Waals surface area contributed by atoms with Gasteiger partial charge in [-0.1, -0.05) is 30.3 Å². The van der Waals surface area contributed by atoms with E-state index in [0.29, 0.717) is 11.3 Å². The van der Waals surface area contributed by atoms with Crippen LogP contribution in [-0.4, -0.2) is 13.1 Å². The zero-order chi connectivity index (χ0) is 15.5. The van der Waals surface area contributed by atoms with Crippen LogP contribution in [-0.2, 0) is 16.1 Å². The highest BCUT2D eigenvalue weighted by molar-refractivity contribution is 5.88. The van der Waals surface area contributed by atoms with E-state index in [9.17, 15) is 9.18 Å². The summed E-state index contributed by atoms with van der Waals surface area (Å²) in [6.45, 7) is 0.285. The van der Waals surface area contributed by atoms with Crippen LogP contribution in [0.5, 0.6) is 5.75 Å². The third-order valence-electron chi connectivity index (χ3n) is 3.35. The number of nitrogens with zero attached hydrogens (tertiary/aromatic N) is 1. The molecule has 1 aliphatic rings. The van der Waals surface area contributed by atoms with Crippen molar-refractivity contribution in [3.63, 3.8) is 0 Å². The van der Waals surface area contributed by atoms with E-state index in [0.717, 1.165) is 5.69 Å². The molecule has 0 spiro atoms. The molecule has 0 radical (unpaired) electrons. The molecule has 5 heteroatoms. The Hall–Kier alpha value is -2.82. The molecule has 1 aliphatic heterocycles. The number of ether oxygens (including phenoxy) is 2. The van der Waals surface area contributed by atoms with Gasteiger partial charge in [0.1, 0.15) is 5.82 Å². The van der Waals surface area contributed by atoms with Gasteiger partial charge in [-0.25, -0.2) is 9.18 Å². The van der Waals surface area contributed by atoms with E-state index in [1.807, 2.05) is 12.1 Å². The summed E-state index contributed by atoms with van der Waals surface area (Å²) < 4.78 is 24.1. The Kier molecular flexibility index (Phi) is 3.78. The summed E-state index contributed by atoms with van der Waals surface area (Å²) in [6.07, 6.45) is 1.53. The Morgan fingerprint density at radius 3 is 2.68 bits per heavy atom. The fourth-order valence-corrected chi connectivity index (χ4v) is 2.27. The van der Waals surface area contributed by atoms with Crippen LogP contribution >= 0.6 is 0 Å². The van der Waals surface area contributed by atoms with Crippen LogP contribution in [0.4, 0.5) is 10.1 Å². The van der Waals surface area contributed by atoms with Crippen LogP contribution in [0.25, 0.3) is 0 Å². The van der Waals surface area contributed by atoms with Crippen LogP contribution in [0.1, 0.15) is 5.56 Å². The second-order valence-corrected chi connectivity index (χ2v) is 4.77. The molecule has 3 rings (SSSR count). The van der Waals surface area contributed by atoms with Gasteiger partial charge in [-0.15, -0.1) is 0 Å². The Bertz CT molecular complexity index is 742. The van der Waals surface area contributed by atoms with Gasteiger partial charge >= 0.3 is 5.97 Å². The molecule has 4 nitrogen and oxygen atoms in total. The lowest BCUT2D eigenvalue weighted by Crippen LogP contribution is -2.25. The molecule has 0 fully saturated rings. The molecule has 0 amide bonds. The maximum atomic E-state index is 13.9. The van der Waals surface area contributed by atoms with Gasteiger partial charge in [0.15, 0.2) is 5.75 Å². The van der Waals surface area contributed by atoms with Crippen molar-refractivity contribution in [3.8, 4) is 5.75 Å². The topological polar surface area (TPSA) is 38.8 Å². The minimum Gasteiger partial charge on any atom is -0.463 e. The SMILES string of the molecule is COC(=O)C1=CN(Cc2ccccc2F)c2ccccc2O1. The highest BCUT2D eigenvalue weighted by atomic mass is 19.1. The van der Waals surface area contributed by atoms with Crippen LogP contribution in [0.2, 0.25) is 0 Å². The second-order valence-electron chi connectivity index (χ2n) is 4.77. The lowest BCUT2D eigenvalue weighted by molar-refractivity contribution is -0.138. The standard InChI is InChI=1S/C17H14FNO3/c1-21-17(20)16-11-19(10-12-6-2-3-7-13(12)18)14-8-4-5-9-15(14)22-16/h2-9,11H,10H2,1H3. The van der Waals surface area contributed by atoms with Crippen molar-refractivity contribution in [3.05, 3.63) is 71.9 Å². The Morgan fingerprint density at radius 2 is 1.91 bits per heavy atom. The summed E-state index contributed by atoms with van der Waals surface area (Å²) in [4.78, 5) is 13.5. The number of hydrogen-bond acceptors (Lipinski definition) is 4. The maximum absolute atomic E-state index is 13.9. The molecule has 0 bridgehead atoms. The summed E-state index contributed by atoms with van der Waals surface area (Å²) in [5.74, 6) is -0.271. The van der Waals surface area contributed by atoms with Crippen molar-refractivity contribution in [2.45, 2.75) is 6.54 Å². The zero-order valence-corrected chi connectivity index (χ0v) is 12.0. The summed E-state index contributed by atoms with van der Waals surface area (Å²) in [5, 5.41) is 0. The second kappa shape index (κ2) is 5.89. The van der Waals surface area contributed by atoms with Gasteiger partial charge in [-0.2, -0.15) is 0 Å². The number of para-hydroxylation sites is 2. The molecule has 1 heterocycles. The van der Waals surface area contributed by atoms with Crippen molar-refractivity contribution in [2.24, 2.45) is 0 Å². The number of rotatable bonds is 3. The van der Waals surface area contributed by atoms with Crippen molar-refractivity contribution in [1.82, 2.24) is 0 Å². The number of carbonyl (C=O) groups excluding carboxylic acids is 1. The number of hydrogen-bond donors (Lipinski definition) is 0. The average molecular weight is 299 g/mol. The molecule has 0 saturated carbocycles. The van der Waals surface area contributed by atoms with Crippen LogP contribution in [0.15, 0.2) is 60.5 Å². The van der Waals surface area contributed by atoms with Crippen LogP contribution in [0, 0.1) is 5.82 Å². The largest absolute Gasteiger partial charge is 0.463 e. The third-order valence-corrected chi connectivity index (χ3v) is 3.35. The highest BCUT2D eigenvalue weighted by Crippen LogP contribution is 2.35. The molecule has 0 saturated heterocycles. The molecular formula is C17H14FNO3.